The number of fused-ring (bicyclic) bond motifs is 1. The number of benzene rings is 2. The molecule has 1 aromatic heterocycles. The lowest BCUT2D eigenvalue weighted by atomic mass is 10.1. The van der Waals surface area contributed by atoms with Gasteiger partial charge in [0.25, 0.3) is 5.91 Å². The van der Waals surface area contributed by atoms with E-state index in [1.165, 1.54) is 25.1 Å². The van der Waals surface area contributed by atoms with Gasteiger partial charge in [0.2, 0.25) is 5.91 Å². The summed E-state index contributed by atoms with van der Waals surface area (Å²) in [5.41, 5.74) is 2.67. The zero-order chi connectivity index (χ0) is 19.0. The van der Waals surface area contributed by atoms with E-state index in [0.29, 0.717) is 17.2 Å². The summed E-state index contributed by atoms with van der Waals surface area (Å²) in [5, 5.41) is 5.97. The summed E-state index contributed by atoms with van der Waals surface area (Å²) in [6.07, 6.45) is 2.18. The molecule has 3 aromatic rings. The van der Waals surface area contributed by atoms with E-state index in [4.69, 9.17) is 0 Å². The normalized spacial score (nSPS) is 13.4. The number of halogens is 1. The van der Waals surface area contributed by atoms with E-state index >= 15 is 0 Å². The first-order valence-corrected chi connectivity index (χ1v) is 8.79. The van der Waals surface area contributed by atoms with E-state index in [9.17, 15) is 14.0 Å². The van der Waals surface area contributed by atoms with Gasteiger partial charge in [-0.3, -0.25) is 14.6 Å². The van der Waals surface area contributed by atoms with Crippen LogP contribution >= 0.6 is 0 Å². The molecule has 2 amide bonds. The second-order valence-corrected chi connectivity index (χ2v) is 6.72. The molecule has 2 aromatic carbocycles. The third-order valence-corrected chi connectivity index (χ3v) is 4.51. The monoisotopic (exact) mass is 363 g/mol. The maximum Gasteiger partial charge on any atom is 0.256 e. The van der Waals surface area contributed by atoms with Gasteiger partial charge in [-0.1, -0.05) is 18.2 Å². The molecule has 0 spiro atoms. The van der Waals surface area contributed by atoms with Crippen LogP contribution in [0.5, 0.6) is 0 Å². The van der Waals surface area contributed by atoms with Crippen LogP contribution in [0.25, 0.3) is 10.9 Å². The van der Waals surface area contributed by atoms with Gasteiger partial charge in [-0.15, -0.1) is 0 Å². The Morgan fingerprint density at radius 2 is 1.85 bits per heavy atom. The third-order valence-electron chi connectivity index (χ3n) is 4.51. The Hall–Kier alpha value is -3.28. The van der Waals surface area contributed by atoms with Crippen LogP contribution in [-0.4, -0.2) is 16.8 Å². The minimum absolute atomic E-state index is 0.0264. The van der Waals surface area contributed by atoms with Gasteiger partial charge in [0.15, 0.2) is 0 Å². The maximum absolute atomic E-state index is 13.8. The molecule has 1 fully saturated rings. The van der Waals surface area contributed by atoms with Crippen molar-refractivity contribution in [3.05, 3.63) is 65.6 Å². The van der Waals surface area contributed by atoms with Gasteiger partial charge in [0.1, 0.15) is 5.82 Å². The fraction of sp³-hybridized carbons (Fsp3) is 0.190. The molecule has 1 saturated carbocycles. The molecule has 6 heteroatoms. The molecule has 0 aliphatic heterocycles. The smallest absolute Gasteiger partial charge is 0.256 e. The zero-order valence-electron chi connectivity index (χ0n) is 14.8. The van der Waals surface area contributed by atoms with Gasteiger partial charge in [0, 0.05) is 29.6 Å². The van der Waals surface area contributed by atoms with E-state index in [0.717, 1.165) is 29.4 Å². The van der Waals surface area contributed by atoms with Crippen LogP contribution in [-0.2, 0) is 4.79 Å². The second-order valence-electron chi connectivity index (χ2n) is 6.72. The highest BCUT2D eigenvalue weighted by molar-refractivity contribution is 6.12. The predicted octanol–water partition coefficient (Wildman–Crippen LogP) is 4.46. The van der Waals surface area contributed by atoms with E-state index < -0.39 is 5.82 Å². The molecule has 1 aliphatic carbocycles. The Morgan fingerprint density at radius 3 is 2.59 bits per heavy atom. The Bertz CT molecular complexity index is 1060. The highest BCUT2D eigenvalue weighted by atomic mass is 19.1. The highest BCUT2D eigenvalue weighted by Crippen LogP contribution is 2.40. The number of anilines is 2. The standard InChI is InChI=1S/C21H18FN3O2/c1-12(26)23-20-10-14(8-9-17(20)22)24-21(27)16-11-19(13-6-7-13)25-18-5-3-2-4-15(16)18/h2-5,8-11,13H,6-7H2,1H3,(H,23,26)(H,24,27). The van der Waals surface area contributed by atoms with Crippen molar-refractivity contribution < 1.29 is 14.0 Å². The van der Waals surface area contributed by atoms with Crippen molar-refractivity contribution in [1.82, 2.24) is 4.98 Å². The topological polar surface area (TPSA) is 71.1 Å². The molecule has 0 atom stereocenters. The Labute approximate surface area is 155 Å². The molecule has 2 N–H and O–H groups in total. The lowest BCUT2D eigenvalue weighted by Crippen LogP contribution is -2.14. The summed E-state index contributed by atoms with van der Waals surface area (Å²) < 4.78 is 13.8. The molecule has 0 saturated heterocycles. The molecule has 1 aliphatic rings. The van der Waals surface area contributed by atoms with Crippen LogP contribution in [0.4, 0.5) is 15.8 Å². The summed E-state index contributed by atoms with van der Waals surface area (Å²) in [6.45, 7) is 1.30. The van der Waals surface area contributed by atoms with Crippen LogP contribution in [0.1, 0.15) is 41.7 Å². The van der Waals surface area contributed by atoms with Crippen LogP contribution in [0.3, 0.4) is 0 Å². The van der Waals surface area contributed by atoms with Gasteiger partial charge < -0.3 is 10.6 Å². The lowest BCUT2D eigenvalue weighted by molar-refractivity contribution is -0.114. The molecule has 0 bridgehead atoms. The van der Waals surface area contributed by atoms with Crippen molar-refractivity contribution in [2.24, 2.45) is 0 Å². The molecule has 0 radical (unpaired) electrons. The maximum atomic E-state index is 13.8. The number of carbonyl (C=O) groups excluding carboxylic acids is 2. The summed E-state index contributed by atoms with van der Waals surface area (Å²) in [7, 11) is 0. The second kappa shape index (κ2) is 6.79. The Morgan fingerprint density at radius 1 is 1.07 bits per heavy atom. The number of amides is 2. The SMILES string of the molecule is CC(=O)Nc1cc(NC(=O)c2cc(C3CC3)nc3ccccc23)ccc1F. The van der Waals surface area contributed by atoms with Crippen LogP contribution in [0.2, 0.25) is 0 Å². The van der Waals surface area contributed by atoms with E-state index in [1.807, 2.05) is 30.3 Å². The van der Waals surface area contributed by atoms with Crippen LogP contribution < -0.4 is 10.6 Å². The number of nitrogens with zero attached hydrogens (tertiary/aromatic N) is 1. The average Bonchev–Trinajstić information content (AvgIpc) is 3.48. The van der Waals surface area contributed by atoms with Crippen molar-refractivity contribution in [1.29, 1.82) is 0 Å². The molecule has 1 heterocycles. The molecule has 27 heavy (non-hydrogen) atoms. The van der Waals surface area contributed by atoms with Gasteiger partial charge >= 0.3 is 0 Å². The quantitative estimate of drug-likeness (QED) is 0.719. The minimum atomic E-state index is -0.562. The van der Waals surface area contributed by atoms with Gasteiger partial charge in [-0.25, -0.2) is 4.39 Å². The van der Waals surface area contributed by atoms with E-state index in [-0.39, 0.29) is 17.5 Å². The first-order valence-electron chi connectivity index (χ1n) is 8.79. The number of rotatable bonds is 4. The first kappa shape index (κ1) is 17.1. The molecule has 136 valence electrons. The van der Waals surface area contributed by atoms with Gasteiger partial charge in [0.05, 0.1) is 16.8 Å². The number of para-hydroxylation sites is 1. The van der Waals surface area contributed by atoms with Crippen LogP contribution in [0.15, 0.2) is 48.5 Å². The molecule has 4 rings (SSSR count). The molecule has 0 unspecified atom stereocenters. The molecule has 5 nitrogen and oxygen atoms in total. The summed E-state index contributed by atoms with van der Waals surface area (Å²) in [6, 6.07) is 13.4. The van der Waals surface area contributed by atoms with Gasteiger partial charge in [-0.2, -0.15) is 0 Å². The Kier molecular flexibility index (Phi) is 4.32. The number of hydrogen-bond donors (Lipinski definition) is 2. The van der Waals surface area contributed by atoms with E-state index in [2.05, 4.69) is 15.6 Å². The van der Waals surface area contributed by atoms with Crippen molar-refractivity contribution in [3.8, 4) is 0 Å². The predicted molar refractivity (Wildman–Crippen MR) is 102 cm³/mol. The fourth-order valence-electron chi connectivity index (χ4n) is 3.06. The van der Waals surface area contributed by atoms with Crippen molar-refractivity contribution in [2.45, 2.75) is 25.7 Å². The number of carbonyl (C=O) groups is 2. The highest BCUT2D eigenvalue weighted by Gasteiger charge is 2.27. The Balaban J connectivity index is 1.68. The largest absolute Gasteiger partial charge is 0.324 e. The first-order chi connectivity index (χ1) is 13.0. The summed E-state index contributed by atoms with van der Waals surface area (Å²) in [4.78, 5) is 28.8. The summed E-state index contributed by atoms with van der Waals surface area (Å²) in [5.74, 6) is -0.825. The van der Waals surface area contributed by atoms with Crippen molar-refractivity contribution in [3.63, 3.8) is 0 Å². The minimum Gasteiger partial charge on any atom is -0.324 e. The average molecular weight is 363 g/mol. The number of hydrogen-bond acceptors (Lipinski definition) is 3. The fourth-order valence-corrected chi connectivity index (χ4v) is 3.06. The van der Waals surface area contributed by atoms with Gasteiger partial charge in [-0.05, 0) is 43.2 Å². The zero-order valence-corrected chi connectivity index (χ0v) is 14.8. The number of aromatic nitrogens is 1. The number of pyridine rings is 1. The molecular weight excluding hydrogens is 345 g/mol. The van der Waals surface area contributed by atoms with Crippen LogP contribution in [0, 0.1) is 5.82 Å². The summed E-state index contributed by atoms with van der Waals surface area (Å²) >= 11 is 0. The van der Waals surface area contributed by atoms with Crippen molar-refractivity contribution in [2.75, 3.05) is 10.6 Å². The third kappa shape index (κ3) is 3.65. The number of nitrogens with one attached hydrogen (secondary N) is 2. The van der Waals surface area contributed by atoms with Crippen molar-refractivity contribution >= 4 is 34.1 Å². The molecular formula is C21H18FN3O2. The van der Waals surface area contributed by atoms with E-state index in [1.54, 1.807) is 0 Å². The lowest BCUT2D eigenvalue weighted by Gasteiger charge is -2.11.